The van der Waals surface area contributed by atoms with E-state index in [0.29, 0.717) is 0 Å². The summed E-state index contributed by atoms with van der Waals surface area (Å²) < 4.78 is 0. The number of hydrogen-bond acceptors (Lipinski definition) is 7. The summed E-state index contributed by atoms with van der Waals surface area (Å²) >= 11 is 0. The van der Waals surface area contributed by atoms with Gasteiger partial charge in [0.2, 0.25) is 0 Å². The Morgan fingerprint density at radius 2 is 1.54 bits per heavy atom. The summed E-state index contributed by atoms with van der Waals surface area (Å²) in [6.07, 6.45) is -4.47. The zero-order valence-corrected chi connectivity index (χ0v) is 7.04. The summed E-state index contributed by atoms with van der Waals surface area (Å²) in [6.45, 7) is -1.17. The highest BCUT2D eigenvalue weighted by Gasteiger charge is 2.29. The second-order valence-electron chi connectivity index (χ2n) is 2.69. The Morgan fingerprint density at radius 3 is 1.85 bits per heavy atom. The van der Waals surface area contributed by atoms with Crippen molar-refractivity contribution in [3.05, 3.63) is 0 Å². The number of hydrogen-bond donors (Lipinski definition) is 7. The van der Waals surface area contributed by atoms with Gasteiger partial charge in [0.25, 0.3) is 0 Å². The Bertz CT molecular complexity index is 132. The van der Waals surface area contributed by atoms with Crippen LogP contribution in [0.15, 0.2) is 0 Å². The van der Waals surface area contributed by atoms with E-state index < -0.39 is 37.6 Å². The van der Waals surface area contributed by atoms with E-state index >= 15 is 0 Å². The van der Waals surface area contributed by atoms with Gasteiger partial charge in [-0.05, 0) is 0 Å². The lowest BCUT2D eigenvalue weighted by molar-refractivity contribution is -0.0916. The summed E-state index contributed by atoms with van der Waals surface area (Å²) in [4.78, 5) is 0. The molecule has 0 bridgehead atoms. The summed E-state index contributed by atoms with van der Waals surface area (Å²) in [5, 5.41) is 44.4. The van der Waals surface area contributed by atoms with Gasteiger partial charge in [-0.3, -0.25) is 11.3 Å². The van der Waals surface area contributed by atoms with Crippen molar-refractivity contribution in [2.75, 3.05) is 13.2 Å². The monoisotopic (exact) mass is 196 g/mol. The number of rotatable bonds is 6. The molecule has 0 radical (unpaired) electrons. The third kappa shape index (κ3) is 3.53. The minimum absolute atomic E-state index is 0.493. The first kappa shape index (κ1) is 12.7. The Kier molecular flexibility index (Phi) is 6.08. The van der Waals surface area contributed by atoms with Crippen molar-refractivity contribution in [2.24, 2.45) is 5.84 Å². The van der Waals surface area contributed by atoms with Crippen LogP contribution in [0.1, 0.15) is 0 Å². The van der Waals surface area contributed by atoms with Crippen molar-refractivity contribution >= 4 is 0 Å². The first-order valence-electron chi connectivity index (χ1n) is 3.80. The highest BCUT2D eigenvalue weighted by molar-refractivity contribution is 4.83. The second kappa shape index (κ2) is 6.22. The van der Waals surface area contributed by atoms with Gasteiger partial charge in [0.1, 0.15) is 18.3 Å². The number of nitrogens with one attached hydrogen (secondary N) is 1. The van der Waals surface area contributed by atoms with Crippen LogP contribution in [-0.4, -0.2) is 63.1 Å². The highest BCUT2D eigenvalue weighted by Crippen LogP contribution is 2.03. The van der Waals surface area contributed by atoms with Crippen molar-refractivity contribution in [3.63, 3.8) is 0 Å². The molecule has 13 heavy (non-hydrogen) atoms. The first-order valence-corrected chi connectivity index (χ1v) is 3.80. The topological polar surface area (TPSA) is 139 Å². The first-order chi connectivity index (χ1) is 6.08. The zero-order chi connectivity index (χ0) is 10.4. The average molecular weight is 196 g/mol. The maximum atomic E-state index is 9.26. The molecule has 0 heterocycles. The van der Waals surface area contributed by atoms with Crippen molar-refractivity contribution in [1.82, 2.24) is 5.43 Å². The van der Waals surface area contributed by atoms with Gasteiger partial charge < -0.3 is 25.5 Å². The molecule has 0 fully saturated rings. The van der Waals surface area contributed by atoms with Crippen molar-refractivity contribution < 1.29 is 25.5 Å². The van der Waals surface area contributed by atoms with Crippen LogP contribution in [0.25, 0.3) is 0 Å². The van der Waals surface area contributed by atoms with E-state index in [1.165, 1.54) is 0 Å². The smallest absolute Gasteiger partial charge is 0.110 e. The van der Waals surface area contributed by atoms with Crippen LogP contribution in [0.3, 0.4) is 0 Å². The Morgan fingerprint density at radius 1 is 1.00 bits per heavy atom. The molecule has 7 nitrogen and oxygen atoms in total. The normalized spacial score (nSPS) is 20.8. The van der Waals surface area contributed by atoms with E-state index in [0.717, 1.165) is 0 Å². The van der Waals surface area contributed by atoms with Gasteiger partial charge in [-0.25, -0.2) is 0 Å². The van der Waals surface area contributed by atoms with E-state index in [2.05, 4.69) is 5.43 Å². The molecule has 0 aliphatic rings. The van der Waals surface area contributed by atoms with E-state index in [1.54, 1.807) is 0 Å². The number of nitrogens with two attached hydrogens (primary N) is 1. The lowest BCUT2D eigenvalue weighted by Gasteiger charge is -2.26. The van der Waals surface area contributed by atoms with Crippen LogP contribution in [0.4, 0.5) is 0 Å². The molecule has 4 atom stereocenters. The fourth-order valence-electron chi connectivity index (χ4n) is 0.833. The minimum Gasteiger partial charge on any atom is -0.395 e. The maximum Gasteiger partial charge on any atom is 0.110 e. The van der Waals surface area contributed by atoms with Crippen LogP contribution in [0.5, 0.6) is 0 Å². The Balaban J connectivity index is 4.13. The molecule has 0 aromatic rings. The summed E-state index contributed by atoms with van der Waals surface area (Å²) in [5.74, 6) is 4.94. The molecule has 0 spiro atoms. The lowest BCUT2D eigenvalue weighted by atomic mass is 10.0. The summed E-state index contributed by atoms with van der Waals surface area (Å²) in [7, 11) is 0. The Labute approximate surface area is 75.4 Å². The predicted molar refractivity (Wildman–Crippen MR) is 43.3 cm³/mol. The van der Waals surface area contributed by atoms with Crippen molar-refractivity contribution in [2.45, 2.75) is 24.4 Å². The van der Waals surface area contributed by atoms with Gasteiger partial charge >= 0.3 is 0 Å². The maximum absolute atomic E-state index is 9.26. The molecular weight excluding hydrogens is 180 g/mol. The van der Waals surface area contributed by atoms with E-state index in [9.17, 15) is 5.11 Å². The molecule has 80 valence electrons. The van der Waals surface area contributed by atoms with Crippen LogP contribution in [0.2, 0.25) is 0 Å². The predicted octanol–water partition coefficient (Wildman–Crippen LogP) is -4.11. The molecule has 0 amide bonds. The average Bonchev–Trinajstić information content (AvgIpc) is 2.17. The molecule has 0 saturated heterocycles. The molecule has 0 saturated carbocycles. The molecule has 0 rings (SSSR count). The Hall–Kier alpha value is -0.280. The molecule has 0 aromatic carbocycles. The van der Waals surface area contributed by atoms with Gasteiger partial charge in [0.05, 0.1) is 19.3 Å². The van der Waals surface area contributed by atoms with Crippen LogP contribution >= 0.6 is 0 Å². The summed E-state index contributed by atoms with van der Waals surface area (Å²) in [6, 6.07) is -0.948. The van der Waals surface area contributed by atoms with E-state index in [1.807, 2.05) is 0 Å². The number of hydrazine groups is 1. The molecule has 8 N–H and O–H groups in total. The largest absolute Gasteiger partial charge is 0.395 e. The van der Waals surface area contributed by atoms with Crippen molar-refractivity contribution in [3.8, 4) is 0 Å². The van der Waals surface area contributed by atoms with Gasteiger partial charge in [-0.2, -0.15) is 0 Å². The molecule has 0 aromatic heterocycles. The molecule has 0 aliphatic carbocycles. The standard InChI is InChI=1S/C6H16N2O5/c7-8-3(1-9)5(12)6(13)4(11)2-10/h3-6,8-13H,1-2,7H2/t3-,4+,5-,6+/m0/s1. The third-order valence-electron chi connectivity index (χ3n) is 1.75. The van der Waals surface area contributed by atoms with Crippen molar-refractivity contribution in [1.29, 1.82) is 0 Å². The third-order valence-corrected chi connectivity index (χ3v) is 1.75. The van der Waals surface area contributed by atoms with Gasteiger partial charge in [-0.1, -0.05) is 0 Å². The molecule has 0 unspecified atom stereocenters. The number of aliphatic hydroxyl groups is 5. The number of aliphatic hydroxyl groups excluding tert-OH is 5. The highest BCUT2D eigenvalue weighted by atomic mass is 16.4. The van der Waals surface area contributed by atoms with Gasteiger partial charge in [0, 0.05) is 0 Å². The summed E-state index contributed by atoms with van der Waals surface area (Å²) in [5.41, 5.74) is 2.06. The van der Waals surface area contributed by atoms with Gasteiger partial charge in [-0.15, -0.1) is 0 Å². The zero-order valence-electron chi connectivity index (χ0n) is 7.04. The molecule has 7 heteroatoms. The SMILES string of the molecule is NN[C@@H](CO)[C@H](O)[C@H](O)[C@H](O)CO. The lowest BCUT2D eigenvalue weighted by Crippen LogP contribution is -2.54. The molecular formula is C6H16N2O5. The van der Waals surface area contributed by atoms with Crippen LogP contribution < -0.4 is 11.3 Å². The van der Waals surface area contributed by atoms with Crippen LogP contribution in [-0.2, 0) is 0 Å². The van der Waals surface area contributed by atoms with Gasteiger partial charge in [0.15, 0.2) is 0 Å². The fourth-order valence-corrected chi connectivity index (χ4v) is 0.833. The van der Waals surface area contributed by atoms with E-state index in [-0.39, 0.29) is 0 Å². The second-order valence-corrected chi connectivity index (χ2v) is 2.69. The molecule has 0 aliphatic heterocycles. The minimum atomic E-state index is -1.56. The fraction of sp³-hybridized carbons (Fsp3) is 1.00. The quantitative estimate of drug-likeness (QED) is 0.169. The van der Waals surface area contributed by atoms with Crippen LogP contribution in [0, 0.1) is 0 Å². The van der Waals surface area contributed by atoms with E-state index in [4.69, 9.17) is 26.3 Å².